The van der Waals surface area contributed by atoms with Crippen LogP contribution in [-0.2, 0) is 4.79 Å². The van der Waals surface area contributed by atoms with Gasteiger partial charge in [-0.15, -0.1) is 0 Å². The molecule has 0 heterocycles. The van der Waals surface area contributed by atoms with Crippen molar-refractivity contribution in [1.29, 1.82) is 0 Å². The standard InChI is InChI=1S/C25H28O3/c1-14-6-21(12-19-8-15(2)23(26)16(3)9-19)25(28)22(7-14)13-20-10-17(4)24(27)18(5)11-20/h8-14,26-27H,6-7H2,1-5H3/b21-12-,22-13+. The van der Waals surface area contributed by atoms with Gasteiger partial charge in [0.15, 0.2) is 5.78 Å². The lowest BCUT2D eigenvalue weighted by Gasteiger charge is -2.23. The molecule has 1 saturated carbocycles. The molecular weight excluding hydrogens is 348 g/mol. The number of aryl methyl sites for hydroxylation is 4. The highest BCUT2D eigenvalue weighted by Crippen LogP contribution is 2.34. The van der Waals surface area contributed by atoms with Gasteiger partial charge in [-0.1, -0.05) is 6.92 Å². The third-order valence-electron chi connectivity index (χ3n) is 5.43. The highest BCUT2D eigenvalue weighted by atomic mass is 16.3. The van der Waals surface area contributed by atoms with Crippen molar-refractivity contribution in [2.45, 2.75) is 47.5 Å². The molecule has 2 aromatic rings. The molecule has 0 saturated heterocycles. The van der Waals surface area contributed by atoms with Crippen LogP contribution in [0.5, 0.6) is 11.5 Å². The smallest absolute Gasteiger partial charge is 0.185 e. The Morgan fingerprint density at radius 3 is 1.39 bits per heavy atom. The summed E-state index contributed by atoms with van der Waals surface area (Å²) in [6.45, 7) is 9.65. The molecule has 2 N–H and O–H groups in total. The van der Waals surface area contributed by atoms with E-state index in [9.17, 15) is 15.0 Å². The summed E-state index contributed by atoms with van der Waals surface area (Å²) in [4.78, 5) is 13.1. The molecule has 1 aliphatic rings. The summed E-state index contributed by atoms with van der Waals surface area (Å²) in [6, 6.07) is 7.66. The second kappa shape index (κ2) is 7.67. The van der Waals surface area contributed by atoms with Crippen LogP contribution in [-0.4, -0.2) is 16.0 Å². The monoisotopic (exact) mass is 376 g/mol. The van der Waals surface area contributed by atoms with Crippen molar-refractivity contribution >= 4 is 17.9 Å². The first kappa shape index (κ1) is 19.9. The lowest BCUT2D eigenvalue weighted by molar-refractivity contribution is -0.113. The first-order valence-corrected chi connectivity index (χ1v) is 9.72. The van der Waals surface area contributed by atoms with E-state index in [4.69, 9.17) is 0 Å². The molecule has 2 aromatic carbocycles. The Bertz CT molecular complexity index is 883. The average molecular weight is 376 g/mol. The zero-order valence-corrected chi connectivity index (χ0v) is 17.3. The topological polar surface area (TPSA) is 57.5 Å². The van der Waals surface area contributed by atoms with E-state index >= 15 is 0 Å². The number of rotatable bonds is 2. The fraction of sp³-hybridized carbons (Fsp3) is 0.320. The van der Waals surface area contributed by atoms with Crippen LogP contribution in [0.2, 0.25) is 0 Å². The van der Waals surface area contributed by atoms with Crippen LogP contribution in [0.3, 0.4) is 0 Å². The lowest BCUT2D eigenvalue weighted by atomic mass is 9.80. The lowest BCUT2D eigenvalue weighted by Crippen LogP contribution is -2.18. The molecule has 3 heteroatoms. The van der Waals surface area contributed by atoms with E-state index in [0.717, 1.165) is 57.4 Å². The maximum Gasteiger partial charge on any atom is 0.185 e. The Morgan fingerprint density at radius 1 is 0.750 bits per heavy atom. The van der Waals surface area contributed by atoms with Crippen molar-refractivity contribution in [3.05, 3.63) is 68.8 Å². The van der Waals surface area contributed by atoms with Gasteiger partial charge in [-0.05, 0) is 116 Å². The van der Waals surface area contributed by atoms with Crippen LogP contribution in [0, 0.1) is 33.6 Å². The van der Waals surface area contributed by atoms with Gasteiger partial charge in [0.1, 0.15) is 11.5 Å². The van der Waals surface area contributed by atoms with Crippen molar-refractivity contribution in [2.24, 2.45) is 5.92 Å². The predicted molar refractivity (Wildman–Crippen MR) is 115 cm³/mol. The van der Waals surface area contributed by atoms with Crippen molar-refractivity contribution in [3.8, 4) is 11.5 Å². The maximum atomic E-state index is 13.1. The van der Waals surface area contributed by atoms with Gasteiger partial charge in [0, 0.05) is 11.1 Å². The number of benzene rings is 2. The van der Waals surface area contributed by atoms with Crippen LogP contribution in [0.15, 0.2) is 35.4 Å². The molecule has 1 unspecified atom stereocenters. The van der Waals surface area contributed by atoms with Crippen LogP contribution in [0.4, 0.5) is 0 Å². The molecule has 1 fully saturated rings. The summed E-state index contributed by atoms with van der Waals surface area (Å²) in [7, 11) is 0. The van der Waals surface area contributed by atoms with E-state index in [1.54, 1.807) is 0 Å². The van der Waals surface area contributed by atoms with Crippen molar-refractivity contribution in [1.82, 2.24) is 0 Å². The third-order valence-corrected chi connectivity index (χ3v) is 5.43. The van der Waals surface area contributed by atoms with Gasteiger partial charge in [-0.2, -0.15) is 0 Å². The first-order chi connectivity index (χ1) is 13.2. The Labute approximate surface area is 167 Å². The zero-order valence-electron chi connectivity index (χ0n) is 17.3. The van der Waals surface area contributed by atoms with Gasteiger partial charge >= 0.3 is 0 Å². The molecule has 146 valence electrons. The van der Waals surface area contributed by atoms with Gasteiger partial charge in [0.05, 0.1) is 0 Å². The SMILES string of the molecule is Cc1cc(/C=C2/CC(C)C/C(=C\c3cc(C)c(O)c(C)c3)C2=O)cc(C)c1O. The van der Waals surface area contributed by atoms with Crippen LogP contribution >= 0.6 is 0 Å². The number of Topliss-reactive ketones (excluding diaryl/α,β-unsaturated/α-hetero) is 1. The zero-order chi connectivity index (χ0) is 20.6. The third kappa shape index (κ3) is 4.04. The summed E-state index contributed by atoms with van der Waals surface area (Å²) < 4.78 is 0. The van der Waals surface area contributed by atoms with Crippen molar-refractivity contribution in [3.63, 3.8) is 0 Å². The minimum absolute atomic E-state index is 0.0878. The average Bonchev–Trinajstić information content (AvgIpc) is 2.61. The number of carbonyl (C=O) groups excluding carboxylic acids is 1. The number of aromatic hydroxyl groups is 2. The normalized spacial score (nSPS) is 20.2. The first-order valence-electron chi connectivity index (χ1n) is 9.72. The molecule has 3 nitrogen and oxygen atoms in total. The van der Waals surface area contributed by atoms with Crippen molar-refractivity contribution in [2.75, 3.05) is 0 Å². The van der Waals surface area contributed by atoms with Gasteiger partial charge in [-0.3, -0.25) is 4.79 Å². The molecular formula is C25H28O3. The molecule has 0 aromatic heterocycles. The van der Waals surface area contributed by atoms with E-state index in [0.29, 0.717) is 17.4 Å². The molecule has 1 atom stereocenters. The minimum atomic E-state index is 0.0878. The summed E-state index contributed by atoms with van der Waals surface area (Å²) in [5.74, 6) is 1.09. The highest BCUT2D eigenvalue weighted by Gasteiger charge is 2.25. The van der Waals surface area contributed by atoms with E-state index in [2.05, 4.69) is 6.92 Å². The summed E-state index contributed by atoms with van der Waals surface area (Å²) in [6.07, 6.45) is 5.42. The number of hydrogen-bond donors (Lipinski definition) is 2. The second-order valence-electron chi connectivity index (χ2n) is 8.19. The van der Waals surface area contributed by atoms with Crippen LogP contribution in [0.25, 0.3) is 12.2 Å². The summed E-state index contributed by atoms with van der Waals surface area (Å²) in [5, 5.41) is 20.0. The van der Waals surface area contributed by atoms with Gasteiger partial charge in [0.25, 0.3) is 0 Å². The van der Waals surface area contributed by atoms with Gasteiger partial charge in [-0.25, -0.2) is 0 Å². The molecule has 3 rings (SSSR count). The summed E-state index contributed by atoms with van der Waals surface area (Å²) in [5.41, 5.74) is 6.76. The summed E-state index contributed by atoms with van der Waals surface area (Å²) >= 11 is 0. The van der Waals surface area contributed by atoms with E-state index in [1.807, 2.05) is 64.1 Å². The maximum absolute atomic E-state index is 13.1. The fourth-order valence-corrected chi connectivity index (χ4v) is 4.01. The number of ketones is 1. The molecule has 0 aliphatic heterocycles. The fourth-order valence-electron chi connectivity index (χ4n) is 4.01. The molecule has 0 spiro atoms. The number of phenolic OH excluding ortho intramolecular Hbond substituents is 2. The number of phenols is 2. The van der Waals surface area contributed by atoms with E-state index in [-0.39, 0.29) is 5.78 Å². The Kier molecular flexibility index (Phi) is 5.46. The van der Waals surface area contributed by atoms with Crippen LogP contribution in [0.1, 0.15) is 53.1 Å². The Balaban J connectivity index is 1.99. The molecule has 28 heavy (non-hydrogen) atoms. The molecule has 1 aliphatic carbocycles. The highest BCUT2D eigenvalue weighted by molar-refractivity contribution is 6.14. The van der Waals surface area contributed by atoms with Crippen LogP contribution < -0.4 is 0 Å². The quantitative estimate of drug-likeness (QED) is 0.652. The Hall–Kier alpha value is -2.81. The predicted octanol–water partition coefficient (Wildman–Crippen LogP) is 5.80. The second-order valence-corrected chi connectivity index (χ2v) is 8.19. The molecule has 0 bridgehead atoms. The molecule has 0 radical (unpaired) electrons. The molecule has 0 amide bonds. The van der Waals surface area contributed by atoms with E-state index in [1.165, 1.54) is 0 Å². The number of hydrogen-bond acceptors (Lipinski definition) is 3. The van der Waals surface area contributed by atoms with Gasteiger partial charge in [0.2, 0.25) is 0 Å². The number of carbonyl (C=O) groups is 1. The van der Waals surface area contributed by atoms with Crippen molar-refractivity contribution < 1.29 is 15.0 Å². The van der Waals surface area contributed by atoms with Gasteiger partial charge < -0.3 is 10.2 Å². The Morgan fingerprint density at radius 2 is 1.07 bits per heavy atom. The minimum Gasteiger partial charge on any atom is -0.507 e. The largest absolute Gasteiger partial charge is 0.507 e. The number of allylic oxidation sites excluding steroid dienone is 2. The van der Waals surface area contributed by atoms with E-state index < -0.39 is 0 Å².